The van der Waals surface area contributed by atoms with Gasteiger partial charge in [-0.2, -0.15) is 8.42 Å². The first kappa shape index (κ1) is 27.6. The van der Waals surface area contributed by atoms with Crippen LogP contribution in [-0.4, -0.2) is 34.3 Å². The molecule has 2 unspecified atom stereocenters. The summed E-state index contributed by atoms with van der Waals surface area (Å²) >= 11 is 0. The third-order valence-corrected chi connectivity index (χ3v) is 9.91. The molecule has 0 amide bonds. The summed E-state index contributed by atoms with van der Waals surface area (Å²) < 4.78 is 39.1. The minimum Gasteiger partial charge on any atom is -0.485 e. The molecule has 10 heteroatoms. The standard InChI is InChI=1S/C33H32N4O5S/c1-20-7-12-26(13-8-20)43(39,40)42-33(38)24-15-25(16-24)37-18-27(30-31(34)35-19-36-32(30)37)23-10-9-22-11-14-28(41-29(22)17-23)21-5-3-2-4-6-21/h2-10,12-13,17-19,24-25,28,33,38H,11,14-16H2,1H3,(H2,34,35,36). The Hall–Kier alpha value is -4.25. The first-order valence-electron chi connectivity index (χ1n) is 14.4. The number of aliphatic hydroxyl groups is 1. The summed E-state index contributed by atoms with van der Waals surface area (Å²) in [4.78, 5) is 8.84. The van der Waals surface area contributed by atoms with Crippen LogP contribution < -0.4 is 10.5 Å². The maximum atomic E-state index is 12.7. The van der Waals surface area contributed by atoms with Crippen molar-refractivity contribution in [3.63, 3.8) is 0 Å². The van der Waals surface area contributed by atoms with Crippen molar-refractivity contribution in [1.29, 1.82) is 0 Å². The predicted molar refractivity (Wildman–Crippen MR) is 163 cm³/mol. The van der Waals surface area contributed by atoms with Gasteiger partial charge in [-0.1, -0.05) is 60.2 Å². The Labute approximate surface area is 250 Å². The summed E-state index contributed by atoms with van der Waals surface area (Å²) in [5.74, 6) is 0.882. The van der Waals surface area contributed by atoms with Crippen molar-refractivity contribution >= 4 is 27.0 Å². The summed E-state index contributed by atoms with van der Waals surface area (Å²) in [5.41, 5.74) is 12.2. The summed E-state index contributed by atoms with van der Waals surface area (Å²) in [7, 11) is -4.09. The van der Waals surface area contributed by atoms with Crippen LogP contribution in [0.25, 0.3) is 22.2 Å². The molecular weight excluding hydrogens is 564 g/mol. The molecule has 1 saturated carbocycles. The van der Waals surface area contributed by atoms with Crippen LogP contribution in [0.15, 0.2) is 90.2 Å². The van der Waals surface area contributed by atoms with Gasteiger partial charge in [-0.25, -0.2) is 14.2 Å². The predicted octanol–water partition coefficient (Wildman–Crippen LogP) is 5.73. The molecule has 0 spiro atoms. The number of nitrogens with zero attached hydrogens (tertiary/aromatic N) is 3. The Balaban J connectivity index is 1.13. The molecule has 43 heavy (non-hydrogen) atoms. The van der Waals surface area contributed by atoms with E-state index in [1.807, 2.05) is 35.9 Å². The average Bonchev–Trinajstić information content (AvgIpc) is 3.37. The second-order valence-electron chi connectivity index (χ2n) is 11.4. The van der Waals surface area contributed by atoms with E-state index in [0.29, 0.717) is 24.3 Å². The van der Waals surface area contributed by atoms with Gasteiger partial charge >= 0.3 is 0 Å². The molecule has 3 N–H and O–H groups in total. The SMILES string of the molecule is Cc1ccc(S(=O)(=O)OC(O)C2CC(n3cc(-c4ccc5c(c4)OC(c4ccccc4)CC5)c4c(N)ncnc43)C2)cc1. The van der Waals surface area contributed by atoms with Crippen molar-refractivity contribution in [2.45, 2.75) is 55.9 Å². The zero-order valence-corrected chi connectivity index (χ0v) is 24.4. The molecule has 2 atom stereocenters. The highest BCUT2D eigenvalue weighted by atomic mass is 32.2. The van der Waals surface area contributed by atoms with E-state index >= 15 is 0 Å². The van der Waals surface area contributed by atoms with Gasteiger partial charge in [0.15, 0.2) is 6.29 Å². The molecule has 9 nitrogen and oxygen atoms in total. The maximum absolute atomic E-state index is 12.7. The van der Waals surface area contributed by atoms with Crippen molar-refractivity contribution in [1.82, 2.24) is 14.5 Å². The van der Waals surface area contributed by atoms with Crippen LogP contribution in [0.1, 0.15) is 48.1 Å². The first-order valence-corrected chi connectivity index (χ1v) is 15.8. The highest BCUT2D eigenvalue weighted by Gasteiger charge is 2.39. The normalized spacial score (nSPS) is 20.7. The van der Waals surface area contributed by atoms with Crippen molar-refractivity contribution in [3.05, 3.63) is 102 Å². The number of fused-ring (bicyclic) bond motifs is 2. The van der Waals surface area contributed by atoms with Crippen LogP contribution in [0, 0.1) is 12.8 Å². The monoisotopic (exact) mass is 596 g/mol. The lowest BCUT2D eigenvalue weighted by molar-refractivity contribution is -0.0945. The van der Waals surface area contributed by atoms with E-state index in [1.54, 1.807) is 12.1 Å². The third kappa shape index (κ3) is 5.15. The van der Waals surface area contributed by atoms with E-state index < -0.39 is 16.4 Å². The Morgan fingerprint density at radius 2 is 1.81 bits per heavy atom. The zero-order chi connectivity index (χ0) is 29.7. The quantitative estimate of drug-likeness (QED) is 0.180. The lowest BCUT2D eigenvalue weighted by Gasteiger charge is -2.38. The average molecular weight is 597 g/mol. The van der Waals surface area contributed by atoms with E-state index in [9.17, 15) is 13.5 Å². The Morgan fingerprint density at radius 1 is 1.05 bits per heavy atom. The second-order valence-corrected chi connectivity index (χ2v) is 13.0. The number of nitrogen functional groups attached to an aromatic ring is 1. The van der Waals surface area contributed by atoms with Gasteiger partial charge in [-0.3, -0.25) is 0 Å². The van der Waals surface area contributed by atoms with Crippen LogP contribution in [0.2, 0.25) is 0 Å². The van der Waals surface area contributed by atoms with E-state index in [2.05, 4.69) is 40.3 Å². The molecule has 2 aromatic heterocycles. The number of aryl methyl sites for hydroxylation is 2. The molecule has 0 bridgehead atoms. The van der Waals surface area contributed by atoms with Crippen molar-refractivity contribution in [2.24, 2.45) is 5.92 Å². The number of hydrogen-bond acceptors (Lipinski definition) is 8. The minimum atomic E-state index is -4.09. The number of ether oxygens (including phenoxy) is 1. The molecule has 1 aliphatic heterocycles. The molecule has 0 saturated heterocycles. The van der Waals surface area contributed by atoms with Crippen LogP contribution >= 0.6 is 0 Å². The maximum Gasteiger partial charge on any atom is 0.299 e. The van der Waals surface area contributed by atoms with Gasteiger partial charge in [0.1, 0.15) is 29.6 Å². The van der Waals surface area contributed by atoms with Gasteiger partial charge in [-0.05, 0) is 67.5 Å². The van der Waals surface area contributed by atoms with E-state index in [0.717, 1.165) is 46.2 Å². The summed E-state index contributed by atoms with van der Waals surface area (Å²) in [6.07, 6.45) is 4.89. The van der Waals surface area contributed by atoms with Gasteiger partial charge in [-0.15, -0.1) is 0 Å². The lowest BCUT2D eigenvalue weighted by Crippen LogP contribution is -2.37. The van der Waals surface area contributed by atoms with Crippen LogP contribution in [0.3, 0.4) is 0 Å². The first-order chi connectivity index (χ1) is 20.8. The largest absolute Gasteiger partial charge is 0.485 e. The van der Waals surface area contributed by atoms with E-state index in [-0.39, 0.29) is 23.0 Å². The number of benzene rings is 3. The van der Waals surface area contributed by atoms with Gasteiger partial charge in [0.2, 0.25) is 0 Å². The second kappa shape index (κ2) is 10.8. The lowest BCUT2D eigenvalue weighted by atomic mass is 9.79. The van der Waals surface area contributed by atoms with E-state index in [4.69, 9.17) is 14.7 Å². The van der Waals surface area contributed by atoms with Crippen LogP contribution in [0.4, 0.5) is 5.82 Å². The number of nitrogens with two attached hydrogens (primary N) is 1. The Bertz CT molecular complexity index is 1900. The Morgan fingerprint density at radius 3 is 2.58 bits per heavy atom. The summed E-state index contributed by atoms with van der Waals surface area (Å²) in [6, 6.07) is 22.8. The number of aliphatic hydroxyl groups excluding tert-OH is 1. The molecule has 220 valence electrons. The van der Waals surface area contributed by atoms with E-state index in [1.165, 1.54) is 24.0 Å². The van der Waals surface area contributed by atoms with Gasteiger partial charge in [0.05, 0.1) is 10.3 Å². The number of rotatable bonds is 7. The molecule has 0 radical (unpaired) electrons. The molecule has 3 aromatic carbocycles. The number of hydrogen-bond donors (Lipinski definition) is 2. The topological polar surface area (TPSA) is 130 Å². The number of anilines is 1. The van der Waals surface area contributed by atoms with Gasteiger partial charge in [0, 0.05) is 23.7 Å². The molecule has 1 fully saturated rings. The van der Waals surface area contributed by atoms with Crippen LogP contribution in [0.5, 0.6) is 5.75 Å². The summed E-state index contributed by atoms with van der Waals surface area (Å²) in [5, 5.41) is 11.4. The van der Waals surface area contributed by atoms with Crippen molar-refractivity contribution in [3.8, 4) is 16.9 Å². The number of aromatic nitrogens is 3. The highest BCUT2D eigenvalue weighted by molar-refractivity contribution is 7.86. The third-order valence-electron chi connectivity index (χ3n) is 8.61. The molecule has 7 rings (SSSR count). The molecule has 2 aliphatic rings. The fourth-order valence-corrected chi connectivity index (χ4v) is 7.10. The summed E-state index contributed by atoms with van der Waals surface area (Å²) in [6.45, 7) is 1.87. The van der Waals surface area contributed by atoms with Gasteiger partial charge in [0.25, 0.3) is 10.1 Å². The zero-order valence-electron chi connectivity index (χ0n) is 23.6. The van der Waals surface area contributed by atoms with Crippen molar-refractivity contribution in [2.75, 3.05) is 5.73 Å². The highest BCUT2D eigenvalue weighted by Crippen LogP contribution is 2.46. The minimum absolute atomic E-state index is 0.00549. The fourth-order valence-electron chi connectivity index (χ4n) is 6.10. The molecule has 1 aliphatic carbocycles. The van der Waals surface area contributed by atoms with Crippen molar-refractivity contribution < 1.29 is 22.4 Å². The van der Waals surface area contributed by atoms with Gasteiger partial charge < -0.3 is 20.1 Å². The molecular formula is C33H32N4O5S. The van der Waals surface area contributed by atoms with Crippen LogP contribution in [-0.2, 0) is 20.7 Å². The molecule has 3 heterocycles. The fraction of sp³-hybridized carbons (Fsp3) is 0.273. The molecule has 5 aromatic rings. The Kier molecular flexibility index (Phi) is 6.92. The smallest absolute Gasteiger partial charge is 0.299 e.